The van der Waals surface area contributed by atoms with Crippen molar-refractivity contribution in [2.75, 3.05) is 19.6 Å². The van der Waals surface area contributed by atoms with Crippen LogP contribution in [0.2, 0.25) is 0 Å². The molecule has 0 amide bonds. The van der Waals surface area contributed by atoms with E-state index < -0.39 is 0 Å². The Kier molecular flexibility index (Phi) is 3.23. The van der Waals surface area contributed by atoms with Gasteiger partial charge in [0.15, 0.2) is 0 Å². The standard InChI is InChI=1S/C11H21NO/c13-11-5-3-4-10(11)6-9-12-7-1-2-8-12/h10-11,13H,1-9H2. The molecule has 2 heteroatoms. The summed E-state index contributed by atoms with van der Waals surface area (Å²) in [6, 6.07) is 0. The molecule has 0 aromatic carbocycles. The number of aliphatic hydroxyl groups is 1. The molecule has 2 rings (SSSR count). The third-order valence-corrected chi connectivity index (χ3v) is 3.63. The van der Waals surface area contributed by atoms with Gasteiger partial charge < -0.3 is 10.0 Å². The monoisotopic (exact) mass is 183 g/mol. The van der Waals surface area contributed by atoms with Gasteiger partial charge in [0, 0.05) is 0 Å². The lowest BCUT2D eigenvalue weighted by molar-refractivity contribution is 0.120. The van der Waals surface area contributed by atoms with Gasteiger partial charge in [0.05, 0.1) is 6.10 Å². The lowest BCUT2D eigenvalue weighted by atomic mass is 10.0. The Labute approximate surface area is 80.9 Å². The van der Waals surface area contributed by atoms with E-state index in [0.717, 1.165) is 6.42 Å². The molecule has 0 aromatic rings. The van der Waals surface area contributed by atoms with Crippen molar-refractivity contribution in [3.8, 4) is 0 Å². The second-order valence-corrected chi connectivity index (χ2v) is 4.60. The SMILES string of the molecule is OC1CCCC1CCN1CCCC1. The highest BCUT2D eigenvalue weighted by atomic mass is 16.3. The van der Waals surface area contributed by atoms with Gasteiger partial charge in [-0.3, -0.25) is 0 Å². The van der Waals surface area contributed by atoms with Crippen molar-refractivity contribution in [3.63, 3.8) is 0 Å². The van der Waals surface area contributed by atoms with E-state index in [-0.39, 0.29) is 6.10 Å². The molecule has 1 N–H and O–H groups in total. The number of hydrogen-bond acceptors (Lipinski definition) is 2. The van der Waals surface area contributed by atoms with E-state index in [9.17, 15) is 5.11 Å². The Morgan fingerprint density at radius 2 is 1.85 bits per heavy atom. The van der Waals surface area contributed by atoms with Gasteiger partial charge >= 0.3 is 0 Å². The van der Waals surface area contributed by atoms with Crippen LogP contribution in [-0.2, 0) is 0 Å². The molecule has 2 nitrogen and oxygen atoms in total. The highest BCUT2D eigenvalue weighted by Gasteiger charge is 2.25. The maximum absolute atomic E-state index is 9.64. The summed E-state index contributed by atoms with van der Waals surface area (Å²) < 4.78 is 0. The molecule has 2 fully saturated rings. The molecule has 1 aliphatic carbocycles. The van der Waals surface area contributed by atoms with Crippen molar-refractivity contribution in [1.29, 1.82) is 0 Å². The van der Waals surface area contributed by atoms with Gasteiger partial charge in [-0.15, -0.1) is 0 Å². The highest BCUT2D eigenvalue weighted by Crippen LogP contribution is 2.28. The summed E-state index contributed by atoms with van der Waals surface area (Å²) in [7, 11) is 0. The van der Waals surface area contributed by atoms with E-state index in [1.54, 1.807) is 0 Å². The third kappa shape index (κ3) is 2.44. The molecule has 2 atom stereocenters. The summed E-state index contributed by atoms with van der Waals surface area (Å²) in [6.45, 7) is 3.81. The molecule has 1 saturated carbocycles. The van der Waals surface area contributed by atoms with E-state index in [4.69, 9.17) is 0 Å². The van der Waals surface area contributed by atoms with Gasteiger partial charge in [-0.25, -0.2) is 0 Å². The first-order valence-electron chi connectivity index (χ1n) is 5.76. The van der Waals surface area contributed by atoms with Crippen LogP contribution in [0.15, 0.2) is 0 Å². The number of nitrogens with zero attached hydrogens (tertiary/aromatic N) is 1. The Balaban J connectivity index is 1.66. The van der Waals surface area contributed by atoms with Gasteiger partial charge in [0.1, 0.15) is 0 Å². The molecule has 1 saturated heterocycles. The van der Waals surface area contributed by atoms with E-state index >= 15 is 0 Å². The second-order valence-electron chi connectivity index (χ2n) is 4.60. The van der Waals surface area contributed by atoms with Crippen molar-refractivity contribution in [2.45, 2.75) is 44.6 Å². The van der Waals surface area contributed by atoms with Crippen LogP contribution in [0.3, 0.4) is 0 Å². The predicted octanol–water partition coefficient (Wildman–Crippen LogP) is 1.63. The highest BCUT2D eigenvalue weighted by molar-refractivity contribution is 4.78. The third-order valence-electron chi connectivity index (χ3n) is 3.63. The maximum Gasteiger partial charge on any atom is 0.0568 e. The summed E-state index contributed by atoms with van der Waals surface area (Å²) >= 11 is 0. The van der Waals surface area contributed by atoms with Gasteiger partial charge in [-0.05, 0) is 57.7 Å². The van der Waals surface area contributed by atoms with E-state index in [1.807, 2.05) is 0 Å². The van der Waals surface area contributed by atoms with Crippen LogP contribution in [0.25, 0.3) is 0 Å². The fourth-order valence-electron chi connectivity index (χ4n) is 2.71. The Hall–Kier alpha value is -0.0800. The molecule has 0 radical (unpaired) electrons. The first kappa shape index (κ1) is 9.47. The molecule has 2 unspecified atom stereocenters. The number of likely N-dealkylation sites (tertiary alicyclic amines) is 1. The molecule has 13 heavy (non-hydrogen) atoms. The van der Waals surface area contributed by atoms with E-state index in [1.165, 1.54) is 51.7 Å². The summed E-state index contributed by atoms with van der Waals surface area (Å²) in [5, 5.41) is 9.64. The van der Waals surface area contributed by atoms with Crippen LogP contribution in [0.4, 0.5) is 0 Å². The van der Waals surface area contributed by atoms with Crippen LogP contribution < -0.4 is 0 Å². The minimum absolute atomic E-state index is 0.0163. The fraction of sp³-hybridized carbons (Fsp3) is 1.00. The molecule has 76 valence electrons. The summed E-state index contributed by atoms with van der Waals surface area (Å²) in [4.78, 5) is 2.55. The number of aliphatic hydroxyl groups excluding tert-OH is 1. The average Bonchev–Trinajstić information content (AvgIpc) is 2.72. The minimum Gasteiger partial charge on any atom is -0.393 e. The van der Waals surface area contributed by atoms with Gasteiger partial charge in [-0.2, -0.15) is 0 Å². The Morgan fingerprint density at radius 1 is 1.08 bits per heavy atom. The summed E-state index contributed by atoms with van der Waals surface area (Å²) in [5.41, 5.74) is 0. The molecule has 2 aliphatic rings. The average molecular weight is 183 g/mol. The lowest BCUT2D eigenvalue weighted by Crippen LogP contribution is -2.24. The molecule has 0 aromatic heterocycles. The van der Waals surface area contributed by atoms with Crippen LogP contribution in [0, 0.1) is 5.92 Å². The second kappa shape index (κ2) is 4.43. The zero-order chi connectivity index (χ0) is 9.10. The van der Waals surface area contributed by atoms with Gasteiger partial charge in [0.2, 0.25) is 0 Å². The first-order valence-corrected chi connectivity index (χ1v) is 5.76. The summed E-state index contributed by atoms with van der Waals surface area (Å²) in [5.74, 6) is 0.612. The topological polar surface area (TPSA) is 23.5 Å². The molecular formula is C11H21NO. The normalized spacial score (nSPS) is 35.8. The van der Waals surface area contributed by atoms with E-state index in [2.05, 4.69) is 4.90 Å². The van der Waals surface area contributed by atoms with Crippen LogP contribution >= 0.6 is 0 Å². The molecule has 0 spiro atoms. The maximum atomic E-state index is 9.64. The predicted molar refractivity (Wildman–Crippen MR) is 53.6 cm³/mol. The number of rotatable bonds is 3. The molecular weight excluding hydrogens is 162 g/mol. The van der Waals surface area contributed by atoms with Gasteiger partial charge in [-0.1, -0.05) is 6.42 Å². The van der Waals surface area contributed by atoms with Crippen molar-refractivity contribution in [3.05, 3.63) is 0 Å². The Bertz CT molecular complexity index is 154. The lowest BCUT2D eigenvalue weighted by Gasteiger charge is -2.19. The minimum atomic E-state index is 0.0163. The quantitative estimate of drug-likeness (QED) is 0.719. The van der Waals surface area contributed by atoms with Crippen LogP contribution in [0.1, 0.15) is 38.5 Å². The van der Waals surface area contributed by atoms with E-state index in [0.29, 0.717) is 5.92 Å². The zero-order valence-corrected chi connectivity index (χ0v) is 8.41. The molecule has 1 aliphatic heterocycles. The van der Waals surface area contributed by atoms with Gasteiger partial charge in [0.25, 0.3) is 0 Å². The van der Waals surface area contributed by atoms with Crippen molar-refractivity contribution in [1.82, 2.24) is 4.90 Å². The van der Waals surface area contributed by atoms with Crippen molar-refractivity contribution >= 4 is 0 Å². The molecule has 0 bridgehead atoms. The zero-order valence-electron chi connectivity index (χ0n) is 8.41. The summed E-state index contributed by atoms with van der Waals surface area (Å²) in [6.07, 6.45) is 7.55. The van der Waals surface area contributed by atoms with Crippen LogP contribution in [-0.4, -0.2) is 35.7 Å². The fourth-order valence-corrected chi connectivity index (χ4v) is 2.71. The first-order chi connectivity index (χ1) is 6.36. The van der Waals surface area contributed by atoms with Crippen LogP contribution in [0.5, 0.6) is 0 Å². The smallest absolute Gasteiger partial charge is 0.0568 e. The van der Waals surface area contributed by atoms with Crippen molar-refractivity contribution in [2.24, 2.45) is 5.92 Å². The largest absolute Gasteiger partial charge is 0.393 e. The number of hydrogen-bond donors (Lipinski definition) is 1. The van der Waals surface area contributed by atoms with Crippen molar-refractivity contribution < 1.29 is 5.11 Å². The molecule has 1 heterocycles. The Morgan fingerprint density at radius 3 is 2.46 bits per heavy atom.